The van der Waals surface area contributed by atoms with Crippen molar-refractivity contribution in [1.82, 2.24) is 9.97 Å². The van der Waals surface area contributed by atoms with Gasteiger partial charge in [-0.15, -0.1) is 0 Å². The van der Waals surface area contributed by atoms with Crippen LogP contribution in [0, 0.1) is 10.1 Å². The van der Waals surface area contributed by atoms with E-state index in [-0.39, 0.29) is 17.4 Å². The molecule has 1 N–H and O–H groups in total. The van der Waals surface area contributed by atoms with Crippen molar-refractivity contribution < 1.29 is 19.1 Å². The van der Waals surface area contributed by atoms with Gasteiger partial charge >= 0.3 is 5.69 Å². The van der Waals surface area contributed by atoms with E-state index in [4.69, 9.17) is 14.2 Å². The Morgan fingerprint density at radius 2 is 2.35 bits per heavy atom. The standard InChI is InChI=1S/C11H16N4O5/c1-18-10-8(15(16)17)9(13-7-14-10)12-5-11(19-2)3-4-20-6-11/h7H,3-6H2,1-2H3,(H,12,13,14). The van der Waals surface area contributed by atoms with Crippen LogP contribution in [0.4, 0.5) is 11.5 Å². The summed E-state index contributed by atoms with van der Waals surface area (Å²) in [6.07, 6.45) is 1.92. The number of rotatable bonds is 6. The van der Waals surface area contributed by atoms with Gasteiger partial charge in [-0.3, -0.25) is 10.1 Å². The Balaban J connectivity index is 2.19. The predicted octanol–water partition coefficient (Wildman–Crippen LogP) is 0.611. The van der Waals surface area contributed by atoms with Gasteiger partial charge in [0.1, 0.15) is 11.9 Å². The second-order valence-corrected chi connectivity index (χ2v) is 4.38. The molecular formula is C11H16N4O5. The molecule has 1 aliphatic heterocycles. The zero-order chi connectivity index (χ0) is 14.6. The lowest BCUT2D eigenvalue weighted by molar-refractivity contribution is -0.385. The lowest BCUT2D eigenvalue weighted by atomic mass is 10.0. The number of hydrogen-bond donors (Lipinski definition) is 1. The Bertz CT molecular complexity index is 490. The molecule has 1 aromatic rings. The lowest BCUT2D eigenvalue weighted by Gasteiger charge is -2.25. The first-order valence-electron chi connectivity index (χ1n) is 6.02. The second-order valence-electron chi connectivity index (χ2n) is 4.38. The molecule has 1 atom stereocenters. The van der Waals surface area contributed by atoms with Crippen molar-refractivity contribution in [1.29, 1.82) is 0 Å². The third-order valence-electron chi connectivity index (χ3n) is 3.24. The molecule has 0 radical (unpaired) electrons. The number of hydrogen-bond acceptors (Lipinski definition) is 8. The summed E-state index contributed by atoms with van der Waals surface area (Å²) in [6, 6.07) is 0. The quantitative estimate of drug-likeness (QED) is 0.598. The molecule has 9 nitrogen and oxygen atoms in total. The van der Waals surface area contributed by atoms with E-state index in [1.807, 2.05) is 0 Å². The van der Waals surface area contributed by atoms with Crippen LogP contribution in [0.15, 0.2) is 6.33 Å². The molecule has 2 rings (SSSR count). The van der Waals surface area contributed by atoms with Crippen molar-refractivity contribution in [3.8, 4) is 5.88 Å². The average Bonchev–Trinajstić information content (AvgIpc) is 2.93. The Kier molecular flexibility index (Phi) is 4.30. The molecule has 0 amide bonds. The van der Waals surface area contributed by atoms with Gasteiger partial charge in [-0.25, -0.2) is 4.98 Å². The van der Waals surface area contributed by atoms with Crippen LogP contribution in [-0.2, 0) is 9.47 Å². The topological polar surface area (TPSA) is 109 Å². The lowest BCUT2D eigenvalue weighted by Crippen LogP contribution is -2.39. The van der Waals surface area contributed by atoms with Crippen LogP contribution in [-0.4, -0.2) is 54.5 Å². The molecule has 0 spiro atoms. The molecule has 1 saturated heterocycles. The maximum absolute atomic E-state index is 11.1. The zero-order valence-corrected chi connectivity index (χ0v) is 11.3. The van der Waals surface area contributed by atoms with Crippen molar-refractivity contribution in [2.45, 2.75) is 12.0 Å². The van der Waals surface area contributed by atoms with Gasteiger partial charge in [-0.05, 0) is 0 Å². The number of methoxy groups -OCH3 is 2. The van der Waals surface area contributed by atoms with Gasteiger partial charge in [0.15, 0.2) is 0 Å². The molecule has 1 aliphatic rings. The third-order valence-corrected chi connectivity index (χ3v) is 3.24. The Morgan fingerprint density at radius 3 is 2.90 bits per heavy atom. The van der Waals surface area contributed by atoms with Gasteiger partial charge in [0.2, 0.25) is 5.82 Å². The van der Waals surface area contributed by atoms with Gasteiger partial charge in [0, 0.05) is 26.7 Å². The van der Waals surface area contributed by atoms with Crippen LogP contribution in [0.1, 0.15) is 6.42 Å². The normalized spacial score (nSPS) is 21.7. The van der Waals surface area contributed by atoms with Crippen LogP contribution in [0.25, 0.3) is 0 Å². The summed E-state index contributed by atoms with van der Waals surface area (Å²) in [5.41, 5.74) is -0.786. The fourth-order valence-electron chi connectivity index (χ4n) is 2.01. The number of nitro groups is 1. The maximum atomic E-state index is 11.1. The minimum Gasteiger partial charge on any atom is -0.476 e. The molecule has 0 bridgehead atoms. The number of ether oxygens (including phenoxy) is 3. The monoisotopic (exact) mass is 284 g/mol. The van der Waals surface area contributed by atoms with E-state index >= 15 is 0 Å². The molecule has 1 unspecified atom stereocenters. The smallest absolute Gasteiger partial charge is 0.372 e. The summed E-state index contributed by atoms with van der Waals surface area (Å²) in [5.74, 6) is 0.0202. The molecule has 0 saturated carbocycles. The van der Waals surface area contributed by atoms with E-state index in [2.05, 4.69) is 15.3 Å². The maximum Gasteiger partial charge on any atom is 0.372 e. The molecular weight excluding hydrogens is 268 g/mol. The minimum absolute atomic E-state index is 0.0818. The number of nitrogens with one attached hydrogen (secondary N) is 1. The molecule has 2 heterocycles. The van der Waals surface area contributed by atoms with Gasteiger partial charge in [0.25, 0.3) is 5.88 Å². The molecule has 110 valence electrons. The van der Waals surface area contributed by atoms with Crippen molar-refractivity contribution in [2.24, 2.45) is 0 Å². The predicted molar refractivity (Wildman–Crippen MR) is 68.9 cm³/mol. The highest BCUT2D eigenvalue weighted by atomic mass is 16.6. The SMILES string of the molecule is COc1ncnc(NCC2(OC)CCOC2)c1[N+](=O)[O-]. The zero-order valence-electron chi connectivity index (χ0n) is 11.3. The van der Waals surface area contributed by atoms with Gasteiger partial charge in [0.05, 0.1) is 18.6 Å². The summed E-state index contributed by atoms with van der Waals surface area (Å²) in [5, 5.41) is 14.0. The molecule has 20 heavy (non-hydrogen) atoms. The first kappa shape index (κ1) is 14.4. The van der Waals surface area contributed by atoms with Gasteiger partial charge < -0.3 is 19.5 Å². The number of anilines is 1. The van der Waals surface area contributed by atoms with E-state index < -0.39 is 10.5 Å². The largest absolute Gasteiger partial charge is 0.476 e. The Labute approximate surface area is 115 Å². The van der Waals surface area contributed by atoms with Crippen molar-refractivity contribution in [3.05, 3.63) is 16.4 Å². The fraction of sp³-hybridized carbons (Fsp3) is 0.636. The number of nitrogens with zero attached hydrogens (tertiary/aromatic N) is 3. The van der Waals surface area contributed by atoms with Crippen molar-refractivity contribution >= 4 is 11.5 Å². The van der Waals surface area contributed by atoms with Crippen LogP contribution >= 0.6 is 0 Å². The van der Waals surface area contributed by atoms with E-state index in [0.29, 0.717) is 26.2 Å². The van der Waals surface area contributed by atoms with E-state index in [9.17, 15) is 10.1 Å². The van der Waals surface area contributed by atoms with Gasteiger partial charge in [-0.1, -0.05) is 0 Å². The first-order valence-corrected chi connectivity index (χ1v) is 6.02. The second kappa shape index (κ2) is 5.97. The van der Waals surface area contributed by atoms with E-state index in [1.54, 1.807) is 7.11 Å². The Hall–Kier alpha value is -2.00. The Morgan fingerprint density at radius 1 is 1.55 bits per heavy atom. The summed E-state index contributed by atoms with van der Waals surface area (Å²) < 4.78 is 15.6. The van der Waals surface area contributed by atoms with Crippen LogP contribution < -0.4 is 10.1 Å². The highest BCUT2D eigenvalue weighted by Crippen LogP contribution is 2.31. The van der Waals surface area contributed by atoms with Crippen LogP contribution in [0.2, 0.25) is 0 Å². The number of aromatic nitrogens is 2. The fourth-order valence-corrected chi connectivity index (χ4v) is 2.01. The van der Waals surface area contributed by atoms with E-state index in [1.165, 1.54) is 13.4 Å². The van der Waals surface area contributed by atoms with Crippen molar-refractivity contribution in [3.63, 3.8) is 0 Å². The third kappa shape index (κ3) is 2.78. The highest BCUT2D eigenvalue weighted by Gasteiger charge is 2.36. The average molecular weight is 284 g/mol. The highest BCUT2D eigenvalue weighted by molar-refractivity contribution is 5.61. The summed E-state index contributed by atoms with van der Waals surface area (Å²) in [4.78, 5) is 18.1. The molecule has 0 aliphatic carbocycles. The van der Waals surface area contributed by atoms with E-state index in [0.717, 1.165) is 0 Å². The molecule has 1 fully saturated rings. The summed E-state index contributed by atoms with van der Waals surface area (Å²) in [7, 11) is 2.91. The molecule has 9 heteroatoms. The van der Waals surface area contributed by atoms with Crippen LogP contribution in [0.5, 0.6) is 5.88 Å². The molecule has 1 aromatic heterocycles. The van der Waals surface area contributed by atoms with Gasteiger partial charge in [-0.2, -0.15) is 4.98 Å². The van der Waals surface area contributed by atoms with Crippen molar-refractivity contribution in [2.75, 3.05) is 39.3 Å². The first-order chi connectivity index (χ1) is 9.62. The molecule has 0 aromatic carbocycles. The summed E-state index contributed by atoms with van der Waals surface area (Å²) >= 11 is 0. The summed E-state index contributed by atoms with van der Waals surface area (Å²) in [6.45, 7) is 1.39. The minimum atomic E-state index is -0.578. The van der Waals surface area contributed by atoms with Crippen LogP contribution in [0.3, 0.4) is 0 Å².